The maximum absolute atomic E-state index is 13.4. The smallest absolute Gasteiger partial charge is 0.246 e. The number of amides is 1. The van der Waals surface area contributed by atoms with Crippen LogP contribution in [0.25, 0.3) is 0 Å². The topological polar surface area (TPSA) is 87.5 Å². The molecule has 27 heavy (non-hydrogen) atoms. The maximum atomic E-state index is 13.4. The number of aryl methyl sites for hydroxylation is 1. The number of sulfonamides is 1. The van der Waals surface area contributed by atoms with Crippen molar-refractivity contribution in [1.82, 2.24) is 24.3 Å². The number of piperidine rings is 1. The number of fused-ring (bicyclic) bond motifs is 1. The summed E-state index contributed by atoms with van der Waals surface area (Å²) in [5.41, 5.74) is 0.00417. The van der Waals surface area contributed by atoms with Crippen molar-refractivity contribution in [2.45, 2.75) is 51.1 Å². The van der Waals surface area contributed by atoms with Gasteiger partial charge in [0.1, 0.15) is 4.90 Å². The normalized spacial score (nSPS) is 27.1. The third-order valence-electron chi connectivity index (χ3n) is 5.57. The summed E-state index contributed by atoms with van der Waals surface area (Å²) in [7, 11) is -1.64. The van der Waals surface area contributed by atoms with Crippen molar-refractivity contribution in [2.75, 3.05) is 33.2 Å². The van der Waals surface area contributed by atoms with Crippen molar-refractivity contribution in [3.8, 4) is 0 Å². The number of nitrogens with one attached hydrogen (secondary N) is 1. The first kappa shape index (κ1) is 20.3. The van der Waals surface area contributed by atoms with Crippen LogP contribution in [0.1, 0.15) is 32.9 Å². The molecular formula is C18H31N5O3S. The molecule has 2 atom stereocenters. The Morgan fingerprint density at radius 3 is 2.74 bits per heavy atom. The molecule has 0 unspecified atom stereocenters. The molecule has 0 bridgehead atoms. The standard InChI is InChI=1S/C18H31N5O3S/c1-13(2)8-22-10-17(14(3)20-22)27(25,26)23-9-16-6-7-21(5)11-18(16,12-23)19-15(4)24/h10,13,16H,6-9,11-12H2,1-5H3,(H,19,24)/t16-,18-/m1/s1. The van der Waals surface area contributed by atoms with Crippen LogP contribution in [-0.4, -0.2) is 72.1 Å². The zero-order valence-corrected chi connectivity index (χ0v) is 17.7. The second-order valence-electron chi connectivity index (χ2n) is 8.55. The lowest BCUT2D eigenvalue weighted by atomic mass is 9.81. The number of hydrogen-bond donors (Lipinski definition) is 1. The number of rotatable bonds is 5. The quantitative estimate of drug-likeness (QED) is 0.789. The monoisotopic (exact) mass is 397 g/mol. The van der Waals surface area contributed by atoms with Crippen LogP contribution in [0.15, 0.2) is 11.1 Å². The molecule has 0 spiro atoms. The van der Waals surface area contributed by atoms with Crippen molar-refractivity contribution < 1.29 is 13.2 Å². The number of likely N-dealkylation sites (N-methyl/N-ethyl adjacent to an activating group) is 1. The van der Waals surface area contributed by atoms with Gasteiger partial charge in [-0.2, -0.15) is 9.40 Å². The lowest BCUT2D eigenvalue weighted by Gasteiger charge is -2.43. The SMILES string of the molecule is CC(=O)N[C@@]12CN(C)CC[C@@H]1CN(S(=O)(=O)c1cn(CC(C)C)nc1C)C2. The Morgan fingerprint density at radius 2 is 2.11 bits per heavy atom. The molecule has 8 nitrogen and oxygen atoms in total. The molecule has 2 aliphatic heterocycles. The van der Waals surface area contributed by atoms with Crippen molar-refractivity contribution in [1.29, 1.82) is 0 Å². The van der Waals surface area contributed by atoms with Gasteiger partial charge in [0.2, 0.25) is 15.9 Å². The van der Waals surface area contributed by atoms with E-state index in [1.807, 2.05) is 7.05 Å². The van der Waals surface area contributed by atoms with E-state index in [0.29, 0.717) is 37.8 Å². The van der Waals surface area contributed by atoms with Gasteiger partial charge in [-0.3, -0.25) is 9.48 Å². The van der Waals surface area contributed by atoms with E-state index >= 15 is 0 Å². The van der Waals surface area contributed by atoms with E-state index in [-0.39, 0.29) is 16.7 Å². The van der Waals surface area contributed by atoms with Gasteiger partial charge < -0.3 is 10.2 Å². The number of carbonyl (C=O) groups is 1. The highest BCUT2D eigenvalue weighted by molar-refractivity contribution is 7.89. The van der Waals surface area contributed by atoms with Gasteiger partial charge in [-0.15, -0.1) is 0 Å². The highest BCUT2D eigenvalue weighted by atomic mass is 32.2. The van der Waals surface area contributed by atoms with Crippen LogP contribution in [0.2, 0.25) is 0 Å². The fourth-order valence-electron chi connectivity index (χ4n) is 4.49. The van der Waals surface area contributed by atoms with E-state index in [1.165, 1.54) is 11.2 Å². The predicted molar refractivity (Wildman–Crippen MR) is 103 cm³/mol. The van der Waals surface area contributed by atoms with Crippen molar-refractivity contribution in [3.63, 3.8) is 0 Å². The molecule has 0 radical (unpaired) electrons. The predicted octanol–water partition coefficient (Wildman–Crippen LogP) is 0.678. The van der Waals surface area contributed by atoms with Crippen LogP contribution in [0.4, 0.5) is 0 Å². The zero-order chi connectivity index (χ0) is 20.0. The van der Waals surface area contributed by atoms with Gasteiger partial charge in [-0.25, -0.2) is 8.42 Å². The maximum Gasteiger partial charge on any atom is 0.246 e. The van der Waals surface area contributed by atoms with Crippen molar-refractivity contribution in [3.05, 3.63) is 11.9 Å². The van der Waals surface area contributed by atoms with E-state index in [9.17, 15) is 13.2 Å². The van der Waals surface area contributed by atoms with Gasteiger partial charge >= 0.3 is 0 Å². The second kappa shape index (κ2) is 7.18. The number of hydrogen-bond acceptors (Lipinski definition) is 5. The Kier molecular flexibility index (Phi) is 5.39. The Balaban J connectivity index is 1.90. The molecule has 1 amide bonds. The molecule has 1 N–H and O–H groups in total. The molecule has 2 saturated heterocycles. The number of likely N-dealkylation sites (tertiary alicyclic amines) is 1. The first-order valence-corrected chi connectivity index (χ1v) is 11.0. The summed E-state index contributed by atoms with van der Waals surface area (Å²) in [5, 5.41) is 7.47. The van der Waals surface area contributed by atoms with Crippen LogP contribution in [0.3, 0.4) is 0 Å². The van der Waals surface area contributed by atoms with E-state index in [1.54, 1.807) is 17.8 Å². The van der Waals surface area contributed by atoms with Crippen LogP contribution in [0, 0.1) is 18.8 Å². The Labute approximate surface area is 161 Å². The third kappa shape index (κ3) is 3.90. The summed E-state index contributed by atoms with van der Waals surface area (Å²) in [6.07, 6.45) is 2.51. The molecule has 3 heterocycles. The van der Waals surface area contributed by atoms with Crippen molar-refractivity contribution in [2.24, 2.45) is 11.8 Å². The van der Waals surface area contributed by atoms with Gasteiger partial charge in [0.25, 0.3) is 0 Å². The number of aromatic nitrogens is 2. The largest absolute Gasteiger partial charge is 0.348 e. The second-order valence-corrected chi connectivity index (χ2v) is 10.5. The van der Waals surface area contributed by atoms with Gasteiger partial charge in [0.05, 0.1) is 11.2 Å². The van der Waals surface area contributed by atoms with Crippen LogP contribution < -0.4 is 5.32 Å². The van der Waals surface area contributed by atoms with Crippen LogP contribution >= 0.6 is 0 Å². The van der Waals surface area contributed by atoms with E-state index < -0.39 is 15.6 Å². The van der Waals surface area contributed by atoms with Gasteiger partial charge in [0, 0.05) is 39.3 Å². The lowest BCUT2D eigenvalue weighted by molar-refractivity contribution is -0.121. The molecule has 3 rings (SSSR count). The highest BCUT2D eigenvalue weighted by Gasteiger charge is 2.53. The zero-order valence-electron chi connectivity index (χ0n) is 16.9. The van der Waals surface area contributed by atoms with Gasteiger partial charge in [-0.1, -0.05) is 13.8 Å². The molecule has 1 aromatic rings. The fourth-order valence-corrected chi connectivity index (χ4v) is 6.21. The minimum atomic E-state index is -3.65. The Hall–Kier alpha value is -1.45. The minimum absolute atomic E-state index is 0.115. The number of nitrogens with zero attached hydrogens (tertiary/aromatic N) is 4. The highest BCUT2D eigenvalue weighted by Crippen LogP contribution is 2.37. The summed E-state index contributed by atoms with van der Waals surface area (Å²) >= 11 is 0. The first-order valence-electron chi connectivity index (χ1n) is 9.55. The molecule has 0 aliphatic carbocycles. The first-order chi connectivity index (χ1) is 12.5. The minimum Gasteiger partial charge on any atom is -0.348 e. The number of carbonyl (C=O) groups excluding carboxylic acids is 1. The molecule has 0 saturated carbocycles. The molecule has 152 valence electrons. The van der Waals surface area contributed by atoms with E-state index in [0.717, 1.165) is 13.0 Å². The molecule has 9 heteroatoms. The fraction of sp³-hybridized carbons (Fsp3) is 0.778. The summed E-state index contributed by atoms with van der Waals surface area (Å²) in [5.74, 6) is 0.391. The van der Waals surface area contributed by atoms with Gasteiger partial charge in [0.15, 0.2) is 0 Å². The van der Waals surface area contributed by atoms with Crippen molar-refractivity contribution >= 4 is 15.9 Å². The molecule has 2 fully saturated rings. The molecule has 2 aliphatic rings. The van der Waals surface area contributed by atoms with Crippen LogP contribution in [-0.2, 0) is 21.4 Å². The Morgan fingerprint density at radius 1 is 1.41 bits per heavy atom. The summed E-state index contributed by atoms with van der Waals surface area (Å²) < 4.78 is 30.0. The molecule has 1 aromatic heterocycles. The third-order valence-corrected chi connectivity index (χ3v) is 7.49. The van der Waals surface area contributed by atoms with Gasteiger partial charge in [-0.05, 0) is 38.8 Å². The average molecular weight is 398 g/mol. The van der Waals surface area contributed by atoms with E-state index in [2.05, 4.69) is 29.2 Å². The Bertz CT molecular complexity index is 819. The molecular weight excluding hydrogens is 366 g/mol. The average Bonchev–Trinajstić information content (AvgIpc) is 3.06. The lowest BCUT2D eigenvalue weighted by Crippen LogP contribution is -2.62. The summed E-state index contributed by atoms with van der Waals surface area (Å²) in [4.78, 5) is 14.3. The van der Waals surface area contributed by atoms with Crippen LogP contribution in [0.5, 0.6) is 0 Å². The summed E-state index contributed by atoms with van der Waals surface area (Å²) in [6.45, 7) is 10.4. The van der Waals surface area contributed by atoms with E-state index in [4.69, 9.17) is 0 Å². The summed E-state index contributed by atoms with van der Waals surface area (Å²) in [6, 6.07) is 0. The molecule has 0 aromatic carbocycles.